The molecule has 3 rings (SSSR count). The third kappa shape index (κ3) is 2.30. The van der Waals surface area contributed by atoms with Crippen molar-refractivity contribution in [1.29, 1.82) is 0 Å². The standard InChI is InChI=1S/C11H13NO5S2/c1-18(13,14)7-2-3-10-8(4-7)12-9-5-19(15,16)6-11(9)17-10/h2-4,9,11-12H,5-6H2,1H3. The molecule has 1 fully saturated rings. The molecule has 2 atom stereocenters. The summed E-state index contributed by atoms with van der Waals surface area (Å²) in [6.07, 6.45) is 0.725. The monoisotopic (exact) mass is 303 g/mol. The Hall–Kier alpha value is -1.28. The van der Waals surface area contributed by atoms with Crippen LogP contribution in [0.2, 0.25) is 0 Å². The first kappa shape index (κ1) is 12.7. The van der Waals surface area contributed by atoms with Gasteiger partial charge in [0.1, 0.15) is 11.9 Å². The molecule has 2 aliphatic heterocycles. The molecule has 1 aromatic rings. The molecule has 104 valence electrons. The quantitative estimate of drug-likeness (QED) is 0.789. The molecule has 2 heterocycles. The fourth-order valence-corrected chi connectivity index (χ4v) is 4.81. The van der Waals surface area contributed by atoms with E-state index in [0.29, 0.717) is 11.4 Å². The molecule has 2 unspecified atom stereocenters. The largest absolute Gasteiger partial charge is 0.485 e. The second-order valence-corrected chi connectivity index (χ2v) is 9.08. The average molecular weight is 303 g/mol. The van der Waals surface area contributed by atoms with E-state index in [-0.39, 0.29) is 22.4 Å². The number of anilines is 1. The third-order valence-corrected chi connectivity index (χ3v) is 6.11. The van der Waals surface area contributed by atoms with Gasteiger partial charge in [-0.1, -0.05) is 0 Å². The average Bonchev–Trinajstić information content (AvgIpc) is 2.56. The van der Waals surface area contributed by atoms with E-state index in [0.717, 1.165) is 6.26 Å². The minimum Gasteiger partial charge on any atom is -0.485 e. The van der Waals surface area contributed by atoms with Gasteiger partial charge in [-0.3, -0.25) is 0 Å². The number of hydrogen-bond acceptors (Lipinski definition) is 6. The zero-order valence-corrected chi connectivity index (χ0v) is 11.8. The first-order valence-electron chi connectivity index (χ1n) is 5.72. The molecular formula is C11H13NO5S2. The van der Waals surface area contributed by atoms with Gasteiger partial charge in [0.2, 0.25) is 0 Å². The highest BCUT2D eigenvalue weighted by atomic mass is 32.2. The van der Waals surface area contributed by atoms with E-state index in [4.69, 9.17) is 4.74 Å². The lowest BCUT2D eigenvalue weighted by Crippen LogP contribution is -2.40. The first-order chi connectivity index (χ1) is 8.74. The highest BCUT2D eigenvalue weighted by Crippen LogP contribution is 2.36. The molecule has 1 N–H and O–H groups in total. The van der Waals surface area contributed by atoms with Crippen LogP contribution in [0, 0.1) is 0 Å². The van der Waals surface area contributed by atoms with Crippen LogP contribution < -0.4 is 10.1 Å². The zero-order valence-electron chi connectivity index (χ0n) is 10.2. The Kier molecular flexibility index (Phi) is 2.59. The van der Waals surface area contributed by atoms with E-state index in [1.165, 1.54) is 12.1 Å². The molecular weight excluding hydrogens is 290 g/mol. The van der Waals surface area contributed by atoms with Gasteiger partial charge < -0.3 is 10.1 Å². The summed E-state index contributed by atoms with van der Waals surface area (Å²) in [7, 11) is -6.39. The number of benzene rings is 1. The summed E-state index contributed by atoms with van der Waals surface area (Å²) in [5.74, 6) is 0.503. The second kappa shape index (κ2) is 3.86. The van der Waals surface area contributed by atoms with Crippen LogP contribution in [0.25, 0.3) is 0 Å². The van der Waals surface area contributed by atoms with Crippen LogP contribution in [0.15, 0.2) is 23.1 Å². The maximum Gasteiger partial charge on any atom is 0.175 e. The Morgan fingerprint density at radius 3 is 2.74 bits per heavy atom. The van der Waals surface area contributed by atoms with Crippen molar-refractivity contribution in [3.05, 3.63) is 18.2 Å². The van der Waals surface area contributed by atoms with Gasteiger partial charge in [-0.05, 0) is 18.2 Å². The maximum atomic E-state index is 11.6. The Bertz CT molecular complexity index is 738. The second-order valence-electron chi connectivity index (χ2n) is 4.91. The summed E-state index contributed by atoms with van der Waals surface area (Å²) in [4.78, 5) is 0.182. The smallest absolute Gasteiger partial charge is 0.175 e. The van der Waals surface area contributed by atoms with Crippen LogP contribution >= 0.6 is 0 Å². The number of nitrogens with one attached hydrogen (secondary N) is 1. The fourth-order valence-electron chi connectivity index (χ4n) is 2.38. The van der Waals surface area contributed by atoms with Crippen molar-refractivity contribution < 1.29 is 21.6 Å². The van der Waals surface area contributed by atoms with Crippen LogP contribution in [0.5, 0.6) is 5.75 Å². The summed E-state index contributed by atoms with van der Waals surface area (Å²) in [5.41, 5.74) is 0.529. The van der Waals surface area contributed by atoms with Crippen molar-refractivity contribution in [3.63, 3.8) is 0 Å². The summed E-state index contributed by atoms with van der Waals surface area (Å²) in [6.45, 7) is 0. The Balaban J connectivity index is 1.99. The lowest BCUT2D eigenvalue weighted by molar-refractivity contribution is 0.206. The van der Waals surface area contributed by atoms with E-state index in [1.807, 2.05) is 0 Å². The van der Waals surface area contributed by atoms with E-state index < -0.39 is 25.8 Å². The van der Waals surface area contributed by atoms with Crippen molar-refractivity contribution in [2.75, 3.05) is 23.1 Å². The van der Waals surface area contributed by atoms with Gasteiger partial charge in [0.05, 0.1) is 28.1 Å². The van der Waals surface area contributed by atoms with E-state index in [2.05, 4.69) is 5.32 Å². The predicted octanol–water partition coefficient (Wildman–Crippen LogP) is 0.0600. The number of ether oxygens (including phenoxy) is 1. The summed E-state index contributed by atoms with van der Waals surface area (Å²) in [6, 6.07) is 4.18. The highest BCUT2D eigenvalue weighted by Gasteiger charge is 2.42. The molecule has 0 aliphatic carbocycles. The molecule has 0 aromatic heterocycles. The van der Waals surface area contributed by atoms with Crippen LogP contribution in [-0.2, 0) is 19.7 Å². The van der Waals surface area contributed by atoms with Crippen molar-refractivity contribution in [2.45, 2.75) is 17.0 Å². The lowest BCUT2D eigenvalue weighted by atomic mass is 10.1. The number of hydrogen-bond donors (Lipinski definition) is 1. The maximum absolute atomic E-state index is 11.6. The molecule has 0 radical (unpaired) electrons. The van der Waals surface area contributed by atoms with E-state index in [1.54, 1.807) is 6.07 Å². The minimum absolute atomic E-state index is 0.00205. The van der Waals surface area contributed by atoms with E-state index >= 15 is 0 Å². The molecule has 0 amide bonds. The molecule has 2 aliphatic rings. The summed E-state index contributed by atoms with van der Waals surface area (Å²) < 4.78 is 51.7. The number of fused-ring (bicyclic) bond motifs is 2. The molecule has 0 bridgehead atoms. The SMILES string of the molecule is CS(=O)(=O)c1ccc2c(c1)NC1CS(=O)(=O)CC1O2. The first-order valence-corrected chi connectivity index (χ1v) is 9.44. The Labute approximate surface area is 111 Å². The van der Waals surface area contributed by atoms with E-state index in [9.17, 15) is 16.8 Å². The van der Waals surface area contributed by atoms with Gasteiger partial charge in [-0.25, -0.2) is 16.8 Å². The highest BCUT2D eigenvalue weighted by molar-refractivity contribution is 7.91. The van der Waals surface area contributed by atoms with Crippen LogP contribution in [0.3, 0.4) is 0 Å². The fraction of sp³-hybridized carbons (Fsp3) is 0.455. The molecule has 0 saturated carbocycles. The predicted molar refractivity (Wildman–Crippen MR) is 70.0 cm³/mol. The van der Waals surface area contributed by atoms with Crippen LogP contribution in [0.1, 0.15) is 0 Å². The summed E-state index contributed by atoms with van der Waals surface area (Å²) in [5, 5.41) is 3.06. The molecule has 8 heteroatoms. The van der Waals surface area contributed by atoms with Crippen LogP contribution in [0.4, 0.5) is 5.69 Å². The molecule has 19 heavy (non-hydrogen) atoms. The van der Waals surface area contributed by atoms with Crippen LogP contribution in [-0.4, -0.2) is 46.7 Å². The molecule has 1 saturated heterocycles. The number of sulfone groups is 2. The minimum atomic E-state index is -3.30. The zero-order chi connectivity index (χ0) is 13.8. The lowest BCUT2D eigenvalue weighted by Gasteiger charge is -2.29. The Morgan fingerprint density at radius 2 is 2.05 bits per heavy atom. The van der Waals surface area contributed by atoms with Gasteiger partial charge in [-0.2, -0.15) is 0 Å². The normalized spacial score (nSPS) is 27.8. The van der Waals surface area contributed by atoms with Gasteiger partial charge >= 0.3 is 0 Å². The van der Waals surface area contributed by atoms with Gasteiger partial charge in [0.15, 0.2) is 19.7 Å². The Morgan fingerprint density at radius 1 is 1.32 bits per heavy atom. The topological polar surface area (TPSA) is 89.5 Å². The molecule has 0 spiro atoms. The van der Waals surface area contributed by atoms with Gasteiger partial charge in [0, 0.05) is 6.26 Å². The van der Waals surface area contributed by atoms with Gasteiger partial charge in [0.25, 0.3) is 0 Å². The van der Waals surface area contributed by atoms with Crippen molar-refractivity contribution in [3.8, 4) is 5.75 Å². The molecule has 6 nitrogen and oxygen atoms in total. The number of rotatable bonds is 1. The van der Waals surface area contributed by atoms with Crippen molar-refractivity contribution in [1.82, 2.24) is 0 Å². The third-order valence-electron chi connectivity index (χ3n) is 3.30. The van der Waals surface area contributed by atoms with Crippen molar-refractivity contribution >= 4 is 25.4 Å². The van der Waals surface area contributed by atoms with Gasteiger partial charge in [-0.15, -0.1) is 0 Å². The summed E-state index contributed by atoms with van der Waals surface area (Å²) >= 11 is 0. The molecule has 1 aromatic carbocycles. The van der Waals surface area contributed by atoms with Crippen molar-refractivity contribution in [2.24, 2.45) is 0 Å².